The largest absolute Gasteiger partial charge is 0.461 e. The van der Waals surface area contributed by atoms with Crippen molar-refractivity contribution in [2.24, 2.45) is 0 Å². The Hall–Kier alpha value is -1.39. The second-order valence-corrected chi connectivity index (χ2v) is 7.88. The standard InChI is InChI=1S/C20H30NO3/c1-14(2)21(3)16-9-10-17(21)12-18(11-16)24-20(23)19(13-22)15-7-5-4-6-8-15/h4-8,14,16-19,22H,9-13H2,1-3H3/q+1/t16-,17-,18?,19-,21?/m0/s1. The molecule has 0 amide bonds. The van der Waals surface area contributed by atoms with Gasteiger partial charge in [0.25, 0.3) is 0 Å². The number of quaternary nitrogens is 1. The SMILES string of the molecule is CC(C)[N+]1(C)[C@H]2CC[C@H]1CC(OC(=O)[C@@H](CO)c1ccccc1)C2. The van der Waals surface area contributed by atoms with Crippen LogP contribution in [0.2, 0.25) is 0 Å². The summed E-state index contributed by atoms with van der Waals surface area (Å²) >= 11 is 0. The van der Waals surface area contributed by atoms with Crippen molar-refractivity contribution >= 4 is 5.97 Å². The molecule has 2 heterocycles. The van der Waals surface area contributed by atoms with E-state index in [1.165, 1.54) is 12.8 Å². The van der Waals surface area contributed by atoms with Gasteiger partial charge >= 0.3 is 5.97 Å². The number of aliphatic hydroxyl groups is 1. The van der Waals surface area contributed by atoms with Crippen molar-refractivity contribution < 1.29 is 19.1 Å². The Balaban J connectivity index is 1.66. The molecule has 0 saturated carbocycles. The van der Waals surface area contributed by atoms with Crippen LogP contribution >= 0.6 is 0 Å². The van der Waals surface area contributed by atoms with Crippen LogP contribution in [0.1, 0.15) is 51.0 Å². The molecule has 4 heteroatoms. The van der Waals surface area contributed by atoms with Gasteiger partial charge in [-0.25, -0.2) is 0 Å². The maximum Gasteiger partial charge on any atom is 0.316 e. The Morgan fingerprint density at radius 1 is 1.21 bits per heavy atom. The van der Waals surface area contributed by atoms with Crippen molar-refractivity contribution in [1.82, 2.24) is 0 Å². The molecule has 0 radical (unpaired) electrons. The fourth-order valence-electron chi connectivity index (χ4n) is 4.82. The van der Waals surface area contributed by atoms with E-state index in [9.17, 15) is 9.90 Å². The lowest BCUT2D eigenvalue weighted by Gasteiger charge is -2.49. The van der Waals surface area contributed by atoms with Gasteiger partial charge in [-0.15, -0.1) is 0 Å². The summed E-state index contributed by atoms with van der Waals surface area (Å²) in [4.78, 5) is 12.6. The van der Waals surface area contributed by atoms with Gasteiger partial charge in [-0.2, -0.15) is 0 Å². The van der Waals surface area contributed by atoms with Crippen molar-refractivity contribution in [3.63, 3.8) is 0 Å². The summed E-state index contributed by atoms with van der Waals surface area (Å²) in [6.45, 7) is 4.39. The highest BCUT2D eigenvalue weighted by Gasteiger charge is 2.53. The summed E-state index contributed by atoms with van der Waals surface area (Å²) in [5.41, 5.74) is 0.826. The summed E-state index contributed by atoms with van der Waals surface area (Å²) < 4.78 is 6.96. The third-order valence-electron chi connectivity index (χ3n) is 6.54. The Labute approximate surface area is 145 Å². The lowest BCUT2D eigenvalue weighted by Crippen LogP contribution is -2.62. The summed E-state index contributed by atoms with van der Waals surface area (Å²) in [7, 11) is 2.37. The first kappa shape index (κ1) is 17.4. The van der Waals surface area contributed by atoms with E-state index in [0.717, 1.165) is 22.9 Å². The Morgan fingerprint density at radius 2 is 1.79 bits per heavy atom. The van der Waals surface area contributed by atoms with Crippen LogP contribution in [0, 0.1) is 0 Å². The number of benzene rings is 1. The van der Waals surface area contributed by atoms with Crippen LogP contribution in [0.5, 0.6) is 0 Å². The smallest absolute Gasteiger partial charge is 0.316 e. The number of piperidine rings is 1. The number of hydrogen-bond donors (Lipinski definition) is 1. The van der Waals surface area contributed by atoms with Crippen molar-refractivity contribution in [1.29, 1.82) is 0 Å². The molecule has 1 aromatic carbocycles. The van der Waals surface area contributed by atoms with Gasteiger partial charge in [0.05, 0.1) is 31.8 Å². The number of carbonyl (C=O) groups excluding carboxylic acids is 1. The van der Waals surface area contributed by atoms with Crippen molar-refractivity contribution in [3.8, 4) is 0 Å². The highest BCUT2D eigenvalue weighted by molar-refractivity contribution is 5.78. The quantitative estimate of drug-likeness (QED) is 0.666. The van der Waals surface area contributed by atoms with E-state index in [4.69, 9.17) is 4.74 Å². The van der Waals surface area contributed by atoms with E-state index in [0.29, 0.717) is 18.1 Å². The number of ether oxygens (including phenoxy) is 1. The first-order chi connectivity index (χ1) is 11.5. The molecule has 3 atom stereocenters. The topological polar surface area (TPSA) is 46.5 Å². The minimum Gasteiger partial charge on any atom is -0.461 e. The normalized spacial score (nSPS) is 33.5. The van der Waals surface area contributed by atoms with Gasteiger partial charge in [0.1, 0.15) is 12.0 Å². The average molecular weight is 332 g/mol. The van der Waals surface area contributed by atoms with Gasteiger partial charge in [0.15, 0.2) is 0 Å². The molecule has 2 aliphatic rings. The average Bonchev–Trinajstić information content (AvgIpc) is 2.74. The monoisotopic (exact) mass is 332 g/mol. The van der Waals surface area contributed by atoms with Crippen LogP contribution in [0.15, 0.2) is 30.3 Å². The lowest BCUT2D eigenvalue weighted by atomic mass is 9.94. The predicted octanol–water partition coefficient (Wildman–Crippen LogP) is 2.85. The van der Waals surface area contributed by atoms with Crippen LogP contribution < -0.4 is 0 Å². The predicted molar refractivity (Wildman–Crippen MR) is 93.5 cm³/mol. The molecule has 1 aromatic rings. The molecule has 24 heavy (non-hydrogen) atoms. The molecular formula is C20H30NO3+. The highest BCUT2D eigenvalue weighted by atomic mass is 16.5. The molecule has 0 aliphatic carbocycles. The summed E-state index contributed by atoms with van der Waals surface area (Å²) in [5, 5.41) is 9.65. The molecule has 2 bridgehead atoms. The van der Waals surface area contributed by atoms with E-state index in [-0.39, 0.29) is 18.7 Å². The van der Waals surface area contributed by atoms with Crippen LogP contribution in [0.3, 0.4) is 0 Å². The van der Waals surface area contributed by atoms with Crippen molar-refractivity contribution in [2.75, 3.05) is 13.7 Å². The summed E-state index contributed by atoms with van der Waals surface area (Å²) in [5.74, 6) is -0.856. The minimum absolute atomic E-state index is 0.00212. The number of fused-ring (bicyclic) bond motifs is 2. The summed E-state index contributed by atoms with van der Waals surface area (Å²) in [6.07, 6.45) is 4.36. The molecular weight excluding hydrogens is 302 g/mol. The molecule has 0 spiro atoms. The zero-order valence-electron chi connectivity index (χ0n) is 15.0. The third kappa shape index (κ3) is 2.98. The molecule has 2 saturated heterocycles. The molecule has 0 unspecified atom stereocenters. The van der Waals surface area contributed by atoms with Crippen LogP contribution in [0.25, 0.3) is 0 Å². The fourth-order valence-corrected chi connectivity index (χ4v) is 4.82. The number of carbonyl (C=O) groups is 1. The van der Waals surface area contributed by atoms with Crippen molar-refractivity contribution in [2.45, 2.75) is 69.7 Å². The van der Waals surface area contributed by atoms with Gasteiger partial charge in [-0.05, 0) is 19.4 Å². The highest BCUT2D eigenvalue weighted by Crippen LogP contribution is 2.44. The Bertz CT molecular complexity index is 558. The number of nitrogens with zero attached hydrogens (tertiary/aromatic N) is 1. The maximum atomic E-state index is 12.6. The van der Waals surface area contributed by atoms with Gasteiger partial charge < -0.3 is 14.3 Å². The molecule has 2 fully saturated rings. The summed E-state index contributed by atoms with van der Waals surface area (Å²) in [6, 6.07) is 11.2. The third-order valence-corrected chi connectivity index (χ3v) is 6.54. The van der Waals surface area contributed by atoms with Gasteiger partial charge in [-0.1, -0.05) is 30.3 Å². The Kier molecular flexibility index (Phi) is 4.97. The van der Waals surface area contributed by atoms with E-state index in [2.05, 4.69) is 20.9 Å². The lowest BCUT2D eigenvalue weighted by molar-refractivity contribution is -0.968. The minimum atomic E-state index is -0.572. The number of aliphatic hydroxyl groups excluding tert-OH is 1. The number of esters is 1. The first-order valence-electron chi connectivity index (χ1n) is 9.18. The van der Waals surface area contributed by atoms with Gasteiger partial charge in [-0.3, -0.25) is 4.79 Å². The molecule has 3 rings (SSSR count). The van der Waals surface area contributed by atoms with E-state index in [1.807, 2.05) is 30.3 Å². The molecule has 0 aromatic heterocycles. The van der Waals surface area contributed by atoms with Crippen molar-refractivity contribution in [3.05, 3.63) is 35.9 Å². The fraction of sp³-hybridized carbons (Fsp3) is 0.650. The van der Waals surface area contributed by atoms with E-state index < -0.39 is 5.92 Å². The zero-order valence-corrected chi connectivity index (χ0v) is 15.0. The van der Waals surface area contributed by atoms with E-state index in [1.54, 1.807) is 0 Å². The van der Waals surface area contributed by atoms with Gasteiger partial charge in [0.2, 0.25) is 0 Å². The van der Waals surface area contributed by atoms with Crippen LogP contribution in [-0.4, -0.2) is 53.4 Å². The zero-order chi connectivity index (χ0) is 17.3. The molecule has 132 valence electrons. The van der Waals surface area contributed by atoms with Crippen LogP contribution in [0.4, 0.5) is 0 Å². The molecule has 2 aliphatic heterocycles. The Morgan fingerprint density at radius 3 is 2.29 bits per heavy atom. The molecule has 4 nitrogen and oxygen atoms in total. The molecule has 1 N–H and O–H groups in total. The van der Waals surface area contributed by atoms with Crippen LogP contribution in [-0.2, 0) is 9.53 Å². The maximum absolute atomic E-state index is 12.6. The second kappa shape index (κ2) is 6.85. The van der Waals surface area contributed by atoms with Gasteiger partial charge in [0, 0.05) is 25.7 Å². The van der Waals surface area contributed by atoms with E-state index >= 15 is 0 Å². The second-order valence-electron chi connectivity index (χ2n) is 7.88. The first-order valence-corrected chi connectivity index (χ1v) is 9.18. The number of rotatable bonds is 5. The number of hydrogen-bond acceptors (Lipinski definition) is 3.